The molecule has 0 radical (unpaired) electrons. The van der Waals surface area contributed by atoms with E-state index in [2.05, 4.69) is 20.8 Å². The van der Waals surface area contributed by atoms with Crippen molar-refractivity contribution in [1.29, 1.82) is 0 Å². The Morgan fingerprint density at radius 3 is 2.25 bits per heavy atom. The Bertz CT molecular complexity index is 329. The molecule has 96 valence electrons. The van der Waals surface area contributed by atoms with Gasteiger partial charge in [-0.3, -0.25) is 0 Å². The molecule has 3 nitrogen and oxygen atoms in total. The summed E-state index contributed by atoms with van der Waals surface area (Å²) in [5.41, 5.74) is 6.30. The van der Waals surface area contributed by atoms with E-state index < -0.39 is 9.84 Å². The molecule has 0 spiro atoms. The molecule has 0 aliphatic heterocycles. The van der Waals surface area contributed by atoms with Crippen LogP contribution in [0.25, 0.3) is 0 Å². The maximum atomic E-state index is 11.6. The predicted molar refractivity (Wildman–Crippen MR) is 68.0 cm³/mol. The Morgan fingerprint density at radius 2 is 1.81 bits per heavy atom. The molecule has 1 fully saturated rings. The van der Waals surface area contributed by atoms with Crippen LogP contribution in [0, 0.1) is 11.3 Å². The van der Waals surface area contributed by atoms with E-state index in [9.17, 15) is 8.42 Å². The summed E-state index contributed by atoms with van der Waals surface area (Å²) in [6.07, 6.45) is 4.97. The maximum absolute atomic E-state index is 11.6. The normalized spacial score (nSPS) is 30.1. The summed E-state index contributed by atoms with van der Waals surface area (Å²) in [6.45, 7) is 6.38. The highest BCUT2D eigenvalue weighted by Gasteiger charge is 2.35. The standard InChI is InChI=1S/C12H25NO2S/c1-12(2,3)11(13)9-6-5-7-10(8-9)16(4,14)15/h9-11H,5-8,13H2,1-4H3. The fraction of sp³-hybridized carbons (Fsp3) is 1.00. The summed E-state index contributed by atoms with van der Waals surface area (Å²) >= 11 is 0. The zero-order chi connectivity index (χ0) is 12.6. The molecule has 0 heterocycles. The molecule has 0 aromatic heterocycles. The van der Waals surface area contributed by atoms with Crippen molar-refractivity contribution in [3.05, 3.63) is 0 Å². The summed E-state index contributed by atoms with van der Waals surface area (Å²) in [5, 5.41) is -0.167. The highest BCUT2D eigenvalue weighted by Crippen LogP contribution is 2.35. The van der Waals surface area contributed by atoms with Gasteiger partial charge in [0, 0.05) is 12.3 Å². The minimum absolute atomic E-state index is 0.0596. The second kappa shape index (κ2) is 4.65. The fourth-order valence-corrected chi connectivity index (χ4v) is 3.79. The van der Waals surface area contributed by atoms with Gasteiger partial charge in [-0.05, 0) is 30.6 Å². The largest absolute Gasteiger partial charge is 0.327 e. The van der Waals surface area contributed by atoms with Gasteiger partial charge in [-0.25, -0.2) is 8.42 Å². The molecule has 2 N–H and O–H groups in total. The van der Waals surface area contributed by atoms with E-state index in [1.54, 1.807) is 0 Å². The second-order valence-corrected chi connectivity index (χ2v) is 8.60. The first-order valence-corrected chi connectivity index (χ1v) is 8.02. The van der Waals surface area contributed by atoms with Gasteiger partial charge in [-0.2, -0.15) is 0 Å². The molecule has 0 amide bonds. The summed E-state index contributed by atoms with van der Waals surface area (Å²) in [7, 11) is -2.89. The summed E-state index contributed by atoms with van der Waals surface area (Å²) in [6, 6.07) is 0.0945. The Balaban J connectivity index is 2.72. The van der Waals surface area contributed by atoms with Crippen molar-refractivity contribution in [2.75, 3.05) is 6.26 Å². The molecule has 1 aliphatic carbocycles. The molecule has 1 aliphatic rings. The van der Waals surface area contributed by atoms with Gasteiger partial charge < -0.3 is 5.73 Å². The van der Waals surface area contributed by atoms with Crippen LogP contribution in [0.2, 0.25) is 0 Å². The molecule has 1 rings (SSSR count). The van der Waals surface area contributed by atoms with Crippen LogP contribution in [-0.4, -0.2) is 26.0 Å². The molecule has 1 saturated carbocycles. The quantitative estimate of drug-likeness (QED) is 0.811. The van der Waals surface area contributed by atoms with E-state index in [4.69, 9.17) is 5.73 Å². The lowest BCUT2D eigenvalue weighted by atomic mass is 9.73. The highest BCUT2D eigenvalue weighted by molar-refractivity contribution is 7.91. The van der Waals surface area contributed by atoms with E-state index in [0.717, 1.165) is 25.7 Å². The van der Waals surface area contributed by atoms with E-state index in [1.165, 1.54) is 6.26 Å². The van der Waals surface area contributed by atoms with Crippen LogP contribution in [0.1, 0.15) is 46.5 Å². The van der Waals surface area contributed by atoms with Crippen molar-refractivity contribution in [1.82, 2.24) is 0 Å². The molecule has 0 saturated heterocycles. The van der Waals surface area contributed by atoms with E-state index in [-0.39, 0.29) is 16.7 Å². The molecule has 4 heteroatoms. The zero-order valence-corrected chi connectivity index (χ0v) is 11.7. The van der Waals surface area contributed by atoms with Gasteiger partial charge in [-0.1, -0.05) is 27.2 Å². The smallest absolute Gasteiger partial charge is 0.150 e. The van der Waals surface area contributed by atoms with Gasteiger partial charge in [0.25, 0.3) is 0 Å². The lowest BCUT2D eigenvalue weighted by Gasteiger charge is -2.38. The van der Waals surface area contributed by atoms with Crippen LogP contribution in [0.5, 0.6) is 0 Å². The molecule has 3 unspecified atom stereocenters. The van der Waals surface area contributed by atoms with Crippen molar-refractivity contribution < 1.29 is 8.42 Å². The first kappa shape index (κ1) is 14.0. The van der Waals surface area contributed by atoms with Gasteiger partial charge in [0.2, 0.25) is 0 Å². The van der Waals surface area contributed by atoms with Crippen LogP contribution < -0.4 is 5.73 Å². The third-order valence-corrected chi connectivity index (χ3v) is 5.42. The monoisotopic (exact) mass is 247 g/mol. The molecule has 3 atom stereocenters. The van der Waals surface area contributed by atoms with Gasteiger partial charge in [0.15, 0.2) is 0 Å². The summed E-state index contributed by atoms with van der Waals surface area (Å²) in [5.74, 6) is 0.355. The van der Waals surface area contributed by atoms with Gasteiger partial charge >= 0.3 is 0 Å². The van der Waals surface area contributed by atoms with Gasteiger partial charge in [0.1, 0.15) is 9.84 Å². The topological polar surface area (TPSA) is 60.2 Å². The number of hydrogen-bond acceptors (Lipinski definition) is 3. The average molecular weight is 247 g/mol. The molecular formula is C12H25NO2S. The predicted octanol–water partition coefficient (Wildman–Crippen LogP) is 1.96. The van der Waals surface area contributed by atoms with E-state index >= 15 is 0 Å². The fourth-order valence-electron chi connectivity index (χ4n) is 2.60. The minimum atomic E-state index is -2.89. The van der Waals surface area contributed by atoms with Gasteiger partial charge in [-0.15, -0.1) is 0 Å². The Morgan fingerprint density at radius 1 is 1.25 bits per heavy atom. The molecule has 0 aromatic carbocycles. The molecule has 16 heavy (non-hydrogen) atoms. The minimum Gasteiger partial charge on any atom is -0.327 e. The van der Waals surface area contributed by atoms with Crippen LogP contribution in [0.3, 0.4) is 0 Å². The number of sulfone groups is 1. The van der Waals surface area contributed by atoms with Crippen molar-refractivity contribution >= 4 is 9.84 Å². The van der Waals surface area contributed by atoms with Crippen molar-refractivity contribution in [2.45, 2.75) is 57.7 Å². The average Bonchev–Trinajstić information content (AvgIpc) is 2.14. The van der Waals surface area contributed by atoms with Crippen LogP contribution in [-0.2, 0) is 9.84 Å². The van der Waals surface area contributed by atoms with Crippen molar-refractivity contribution in [3.63, 3.8) is 0 Å². The Kier molecular flexibility index (Phi) is 4.06. The second-order valence-electron chi connectivity index (χ2n) is 6.27. The first-order valence-electron chi connectivity index (χ1n) is 6.07. The molecular weight excluding hydrogens is 222 g/mol. The summed E-state index contributed by atoms with van der Waals surface area (Å²) < 4.78 is 23.1. The van der Waals surface area contributed by atoms with Crippen molar-refractivity contribution in [3.8, 4) is 0 Å². The molecule has 0 bridgehead atoms. The van der Waals surface area contributed by atoms with Crippen LogP contribution in [0.15, 0.2) is 0 Å². The van der Waals surface area contributed by atoms with Crippen LogP contribution in [0.4, 0.5) is 0 Å². The number of hydrogen-bond donors (Lipinski definition) is 1. The zero-order valence-electron chi connectivity index (χ0n) is 10.9. The highest BCUT2D eigenvalue weighted by atomic mass is 32.2. The van der Waals surface area contributed by atoms with E-state index in [1.807, 2.05) is 0 Å². The number of nitrogens with two attached hydrogens (primary N) is 1. The van der Waals surface area contributed by atoms with Crippen LogP contribution >= 0.6 is 0 Å². The third kappa shape index (κ3) is 3.45. The Hall–Kier alpha value is -0.0900. The Labute approximate surface area is 99.7 Å². The molecule has 0 aromatic rings. The summed E-state index contributed by atoms with van der Waals surface area (Å²) in [4.78, 5) is 0. The lowest BCUT2D eigenvalue weighted by Crippen LogP contribution is -2.45. The lowest BCUT2D eigenvalue weighted by molar-refractivity contribution is 0.195. The maximum Gasteiger partial charge on any atom is 0.150 e. The van der Waals surface area contributed by atoms with Crippen molar-refractivity contribution in [2.24, 2.45) is 17.1 Å². The number of rotatable bonds is 2. The van der Waals surface area contributed by atoms with Gasteiger partial charge in [0.05, 0.1) is 5.25 Å². The SMILES string of the molecule is CC(C)(C)C(N)C1CCCC(S(C)(=O)=O)C1. The first-order chi connectivity index (χ1) is 7.12. The van der Waals surface area contributed by atoms with E-state index in [0.29, 0.717) is 5.92 Å². The third-order valence-electron chi connectivity index (χ3n) is 3.78.